The van der Waals surface area contributed by atoms with E-state index in [1.165, 1.54) is 16.1 Å². The van der Waals surface area contributed by atoms with Gasteiger partial charge in [0.1, 0.15) is 5.37 Å². The number of thioether (sulfide) groups is 1. The fraction of sp³-hybridized carbons (Fsp3) is 0.240. The van der Waals surface area contributed by atoms with Gasteiger partial charge in [0.15, 0.2) is 0 Å². The van der Waals surface area contributed by atoms with Gasteiger partial charge in [0.2, 0.25) is 15.9 Å². The number of halogens is 1. The second-order valence-corrected chi connectivity index (χ2v) is 11.4. The van der Waals surface area contributed by atoms with Crippen LogP contribution in [0.1, 0.15) is 18.0 Å². The van der Waals surface area contributed by atoms with E-state index in [2.05, 4.69) is 5.32 Å². The number of rotatable bonds is 8. The number of aliphatic hydroxyl groups excluding tert-OH is 1. The van der Waals surface area contributed by atoms with Crippen LogP contribution in [-0.2, 0) is 14.8 Å². The number of hydrogen-bond donors (Lipinski definition) is 2. The van der Waals surface area contributed by atoms with Crippen molar-refractivity contribution in [2.75, 3.05) is 18.9 Å². The van der Waals surface area contributed by atoms with Gasteiger partial charge in [-0.3, -0.25) is 4.79 Å². The van der Waals surface area contributed by atoms with E-state index < -0.39 is 27.3 Å². The lowest BCUT2D eigenvalue weighted by Gasteiger charge is -2.25. The second-order valence-electron chi connectivity index (χ2n) is 7.86. The Kier molecular flexibility index (Phi) is 7.95. The summed E-state index contributed by atoms with van der Waals surface area (Å²) in [4.78, 5) is 13.3. The smallest absolute Gasteiger partial charge is 0.249 e. The number of carbonyl (C=O) groups excluding carboxylic acids is 1. The minimum Gasteiger partial charge on any atom is -0.396 e. The maximum absolute atomic E-state index is 13.4. The van der Waals surface area contributed by atoms with Crippen LogP contribution in [0.25, 0.3) is 11.1 Å². The zero-order chi connectivity index (χ0) is 24.1. The number of sulfonamides is 1. The van der Waals surface area contributed by atoms with Gasteiger partial charge in [-0.15, -0.1) is 11.8 Å². The normalized spacial score (nSPS) is 17.4. The molecule has 4 rings (SSSR count). The highest BCUT2D eigenvalue weighted by molar-refractivity contribution is 8.02. The van der Waals surface area contributed by atoms with Gasteiger partial charge >= 0.3 is 0 Å². The Labute approximate surface area is 209 Å². The van der Waals surface area contributed by atoms with Crippen molar-refractivity contribution in [3.63, 3.8) is 0 Å². The fourth-order valence-corrected chi connectivity index (χ4v) is 7.19. The minimum absolute atomic E-state index is 0.134. The molecule has 1 fully saturated rings. The van der Waals surface area contributed by atoms with E-state index in [9.17, 15) is 18.3 Å². The lowest BCUT2D eigenvalue weighted by molar-refractivity contribution is -0.123. The summed E-state index contributed by atoms with van der Waals surface area (Å²) in [6.07, 6.45) is 0.289. The molecule has 1 aliphatic heterocycles. The number of carbonyl (C=O) groups is 1. The molecule has 0 saturated carbocycles. The number of amides is 1. The van der Waals surface area contributed by atoms with Crippen LogP contribution in [0.3, 0.4) is 0 Å². The molecular formula is C25H25ClN2O4S2. The van der Waals surface area contributed by atoms with Gasteiger partial charge in [0, 0.05) is 23.9 Å². The average molecular weight is 517 g/mol. The van der Waals surface area contributed by atoms with E-state index in [1.807, 2.05) is 36.4 Å². The highest BCUT2D eigenvalue weighted by Gasteiger charge is 2.40. The van der Waals surface area contributed by atoms with Crippen LogP contribution in [0.2, 0.25) is 5.02 Å². The Morgan fingerprint density at radius 1 is 1.06 bits per heavy atom. The van der Waals surface area contributed by atoms with Crippen molar-refractivity contribution in [2.45, 2.75) is 22.7 Å². The van der Waals surface area contributed by atoms with E-state index in [0.717, 1.165) is 16.7 Å². The Morgan fingerprint density at radius 3 is 2.44 bits per heavy atom. The number of benzene rings is 3. The van der Waals surface area contributed by atoms with Crippen molar-refractivity contribution in [1.82, 2.24) is 9.62 Å². The predicted octanol–water partition coefficient (Wildman–Crippen LogP) is 4.31. The maximum atomic E-state index is 13.4. The number of hydrogen-bond acceptors (Lipinski definition) is 5. The molecule has 0 aromatic heterocycles. The first kappa shape index (κ1) is 24.8. The number of nitrogens with zero attached hydrogens (tertiary/aromatic N) is 1. The molecule has 0 bridgehead atoms. The molecule has 0 spiro atoms. The van der Waals surface area contributed by atoms with Gasteiger partial charge in [0.25, 0.3) is 0 Å². The van der Waals surface area contributed by atoms with Crippen LogP contribution in [0, 0.1) is 0 Å². The van der Waals surface area contributed by atoms with Gasteiger partial charge in [-0.05, 0) is 47.4 Å². The first-order chi connectivity index (χ1) is 16.4. The highest BCUT2D eigenvalue weighted by atomic mass is 35.5. The van der Waals surface area contributed by atoms with Crippen molar-refractivity contribution >= 4 is 39.3 Å². The third-order valence-corrected chi connectivity index (χ3v) is 9.08. The summed E-state index contributed by atoms with van der Waals surface area (Å²) >= 11 is 7.37. The highest BCUT2D eigenvalue weighted by Crippen LogP contribution is 2.32. The Balaban J connectivity index is 1.53. The van der Waals surface area contributed by atoms with Gasteiger partial charge < -0.3 is 10.4 Å². The van der Waals surface area contributed by atoms with Crippen molar-refractivity contribution in [3.8, 4) is 11.1 Å². The molecule has 0 radical (unpaired) electrons. The first-order valence-corrected chi connectivity index (χ1v) is 13.7. The first-order valence-electron chi connectivity index (χ1n) is 10.9. The van der Waals surface area contributed by atoms with Crippen LogP contribution < -0.4 is 5.32 Å². The summed E-state index contributed by atoms with van der Waals surface area (Å²) in [5.41, 5.74) is 2.66. The summed E-state index contributed by atoms with van der Waals surface area (Å²) in [5.74, 6) is 0.103. The largest absolute Gasteiger partial charge is 0.396 e. The summed E-state index contributed by atoms with van der Waals surface area (Å²) < 4.78 is 28.0. The quantitative estimate of drug-likeness (QED) is 0.466. The molecule has 3 aromatic carbocycles. The topological polar surface area (TPSA) is 86.7 Å². The van der Waals surface area contributed by atoms with Crippen LogP contribution in [0.15, 0.2) is 83.8 Å². The standard InChI is InChI=1S/C25H25ClN2O4S2/c26-21-8-4-7-20(17-21)23(13-15-29)27-24(30)25-28(14-16-33-25)34(31,32)22-11-9-19(10-12-22)18-5-2-1-3-6-18/h1-12,17,23,25,29H,13-16H2,(H,27,30). The van der Waals surface area contributed by atoms with Crippen molar-refractivity contribution < 1.29 is 18.3 Å². The van der Waals surface area contributed by atoms with Crippen molar-refractivity contribution in [2.24, 2.45) is 0 Å². The lowest BCUT2D eigenvalue weighted by Crippen LogP contribution is -2.45. The molecule has 6 nitrogen and oxygen atoms in total. The van der Waals surface area contributed by atoms with E-state index >= 15 is 0 Å². The van der Waals surface area contributed by atoms with Crippen LogP contribution >= 0.6 is 23.4 Å². The summed E-state index contributed by atoms with van der Waals surface area (Å²) in [6.45, 7) is 0.110. The molecule has 1 heterocycles. The monoisotopic (exact) mass is 516 g/mol. The molecule has 0 aliphatic carbocycles. The summed E-state index contributed by atoms with van der Waals surface area (Å²) in [7, 11) is -3.87. The average Bonchev–Trinajstić information content (AvgIpc) is 3.36. The number of aliphatic hydroxyl groups is 1. The fourth-order valence-electron chi connectivity index (χ4n) is 3.91. The zero-order valence-corrected chi connectivity index (χ0v) is 20.7. The molecule has 2 unspecified atom stereocenters. The maximum Gasteiger partial charge on any atom is 0.249 e. The van der Waals surface area contributed by atoms with Crippen LogP contribution in [0.5, 0.6) is 0 Å². The van der Waals surface area contributed by atoms with Crippen LogP contribution in [-0.4, -0.2) is 48.0 Å². The minimum atomic E-state index is -3.87. The van der Waals surface area contributed by atoms with Gasteiger partial charge in [-0.2, -0.15) is 4.31 Å². The third kappa shape index (κ3) is 5.47. The molecule has 2 N–H and O–H groups in total. The third-order valence-electron chi connectivity index (χ3n) is 5.63. The van der Waals surface area contributed by atoms with Gasteiger partial charge in [-0.25, -0.2) is 8.42 Å². The predicted molar refractivity (Wildman–Crippen MR) is 136 cm³/mol. The molecule has 34 heavy (non-hydrogen) atoms. The summed E-state index contributed by atoms with van der Waals surface area (Å²) in [6, 6.07) is 23.0. The molecule has 9 heteroatoms. The van der Waals surface area contributed by atoms with Gasteiger partial charge in [0.05, 0.1) is 10.9 Å². The lowest BCUT2D eigenvalue weighted by atomic mass is 10.0. The van der Waals surface area contributed by atoms with Crippen molar-refractivity contribution in [3.05, 3.63) is 89.4 Å². The van der Waals surface area contributed by atoms with E-state index in [1.54, 1.807) is 42.5 Å². The molecule has 1 saturated heterocycles. The number of nitrogens with one attached hydrogen (secondary N) is 1. The van der Waals surface area contributed by atoms with E-state index in [0.29, 0.717) is 10.8 Å². The van der Waals surface area contributed by atoms with Crippen molar-refractivity contribution in [1.29, 1.82) is 0 Å². The Bertz CT molecular complexity index is 1240. The molecule has 3 aromatic rings. The van der Waals surface area contributed by atoms with Crippen LogP contribution in [0.4, 0.5) is 0 Å². The van der Waals surface area contributed by atoms with E-state index in [4.69, 9.17) is 11.6 Å². The molecule has 1 amide bonds. The summed E-state index contributed by atoms with van der Waals surface area (Å²) in [5, 5.41) is 12.0. The molecule has 1 aliphatic rings. The Morgan fingerprint density at radius 2 is 1.76 bits per heavy atom. The van der Waals surface area contributed by atoms with Gasteiger partial charge in [-0.1, -0.05) is 66.2 Å². The molecule has 178 valence electrons. The SMILES string of the molecule is O=C(NC(CCO)c1cccc(Cl)c1)C1SCCN1S(=O)(=O)c1ccc(-c2ccccc2)cc1. The zero-order valence-electron chi connectivity index (χ0n) is 18.3. The molecular weight excluding hydrogens is 492 g/mol. The molecule has 2 atom stereocenters. The second kappa shape index (κ2) is 10.9. The van der Waals surface area contributed by atoms with E-state index in [-0.39, 0.29) is 24.5 Å². The Hall–Kier alpha value is -2.36.